The maximum absolute atomic E-state index is 14.2. The van der Waals surface area contributed by atoms with Crippen molar-refractivity contribution in [3.05, 3.63) is 94.8 Å². The van der Waals surface area contributed by atoms with E-state index in [0.717, 1.165) is 28.9 Å². The summed E-state index contributed by atoms with van der Waals surface area (Å²) in [6, 6.07) is 19.8. The second-order valence-corrected chi connectivity index (χ2v) is 9.15. The first kappa shape index (κ1) is 23.5. The summed E-state index contributed by atoms with van der Waals surface area (Å²) in [7, 11) is 0. The number of halogens is 1. The van der Waals surface area contributed by atoms with E-state index in [1.54, 1.807) is 6.07 Å². The van der Waals surface area contributed by atoms with Crippen LogP contribution in [0.1, 0.15) is 40.4 Å². The second-order valence-electron chi connectivity index (χ2n) is 9.15. The Kier molecular flexibility index (Phi) is 6.96. The Hall–Kier alpha value is -3.67. The van der Waals surface area contributed by atoms with Gasteiger partial charge in [-0.25, -0.2) is 4.39 Å². The maximum Gasteiger partial charge on any atom is 0.269 e. The molecule has 0 bridgehead atoms. The van der Waals surface area contributed by atoms with Gasteiger partial charge in [0.2, 0.25) is 5.91 Å². The molecule has 3 aromatic carbocycles. The number of anilines is 2. The number of benzene rings is 3. The summed E-state index contributed by atoms with van der Waals surface area (Å²) in [5.74, 6) is -0.384. The van der Waals surface area contributed by atoms with E-state index in [9.17, 15) is 14.0 Å². The summed E-state index contributed by atoms with van der Waals surface area (Å²) in [6.45, 7) is 6.30. The van der Waals surface area contributed by atoms with E-state index in [-0.39, 0.29) is 29.5 Å². The molecule has 1 aliphatic rings. The average Bonchev–Trinajstić information content (AvgIpc) is 2.82. The van der Waals surface area contributed by atoms with Crippen LogP contribution in [-0.4, -0.2) is 18.4 Å². The molecule has 0 unspecified atom stereocenters. The lowest BCUT2D eigenvalue weighted by molar-refractivity contribution is -0.124. The number of hydrazine groups is 1. The third-order valence-corrected chi connectivity index (χ3v) is 6.40. The Morgan fingerprint density at radius 2 is 1.68 bits per heavy atom. The van der Waals surface area contributed by atoms with Gasteiger partial charge in [0.1, 0.15) is 5.82 Å². The summed E-state index contributed by atoms with van der Waals surface area (Å²) < 4.78 is 14.2. The van der Waals surface area contributed by atoms with Crippen molar-refractivity contribution in [2.45, 2.75) is 33.6 Å². The molecule has 5 nitrogen and oxygen atoms in total. The molecule has 4 rings (SSSR count). The molecule has 2 atom stereocenters. The Bertz CT molecular complexity index is 1170. The molecule has 0 aliphatic carbocycles. The Morgan fingerprint density at radius 1 is 1.03 bits per heavy atom. The van der Waals surface area contributed by atoms with Crippen LogP contribution < -0.4 is 15.8 Å². The highest BCUT2D eigenvalue weighted by atomic mass is 19.1. The molecular formula is C28H30FN3O2. The lowest BCUT2D eigenvalue weighted by atomic mass is 9.84. The van der Waals surface area contributed by atoms with E-state index in [4.69, 9.17) is 0 Å². The minimum Gasteiger partial charge on any atom is -0.311 e. The molecule has 0 saturated carbocycles. The minimum absolute atomic E-state index is 0.0685. The molecule has 0 spiro atoms. The number of carbonyl (C=O) groups excluding carboxylic acids is 2. The Morgan fingerprint density at radius 3 is 2.35 bits per heavy atom. The number of carbonyl (C=O) groups is 2. The molecule has 6 heteroatoms. The number of hydrogen-bond acceptors (Lipinski definition) is 3. The van der Waals surface area contributed by atoms with Crippen molar-refractivity contribution in [2.75, 3.05) is 16.9 Å². The molecule has 34 heavy (non-hydrogen) atoms. The second kappa shape index (κ2) is 10.1. The fraction of sp³-hybridized carbons (Fsp3) is 0.286. The molecule has 1 fully saturated rings. The van der Waals surface area contributed by atoms with E-state index in [1.807, 2.05) is 80.3 Å². The van der Waals surface area contributed by atoms with Gasteiger partial charge in [-0.05, 0) is 79.6 Å². The van der Waals surface area contributed by atoms with Gasteiger partial charge in [-0.1, -0.05) is 43.3 Å². The number of nitrogens with zero attached hydrogens (tertiary/aromatic N) is 1. The molecule has 176 valence electrons. The van der Waals surface area contributed by atoms with Crippen LogP contribution in [0.25, 0.3) is 0 Å². The van der Waals surface area contributed by atoms with E-state index >= 15 is 0 Å². The highest BCUT2D eigenvalue weighted by molar-refractivity contribution is 6.00. The van der Waals surface area contributed by atoms with Crippen LogP contribution in [-0.2, 0) is 11.2 Å². The van der Waals surface area contributed by atoms with E-state index in [0.29, 0.717) is 24.1 Å². The van der Waals surface area contributed by atoms with Gasteiger partial charge < -0.3 is 4.90 Å². The fourth-order valence-electron chi connectivity index (χ4n) is 4.85. The molecule has 2 N–H and O–H groups in total. The normalized spacial score (nSPS) is 18.0. The van der Waals surface area contributed by atoms with Crippen LogP contribution in [0.2, 0.25) is 0 Å². The molecule has 1 heterocycles. The first-order valence-corrected chi connectivity index (χ1v) is 11.6. The van der Waals surface area contributed by atoms with Crippen molar-refractivity contribution in [2.24, 2.45) is 11.8 Å². The van der Waals surface area contributed by atoms with E-state index in [1.165, 1.54) is 6.07 Å². The summed E-state index contributed by atoms with van der Waals surface area (Å²) >= 11 is 0. The largest absolute Gasteiger partial charge is 0.311 e. The molecule has 1 aliphatic heterocycles. The number of amides is 2. The number of rotatable bonds is 6. The van der Waals surface area contributed by atoms with Crippen molar-refractivity contribution in [1.82, 2.24) is 5.43 Å². The zero-order chi connectivity index (χ0) is 24.2. The van der Waals surface area contributed by atoms with Crippen molar-refractivity contribution in [3.8, 4) is 0 Å². The average molecular weight is 460 g/mol. The molecule has 3 aromatic rings. The molecule has 2 amide bonds. The Balaban J connectivity index is 1.53. The number of aryl methyl sites for hydroxylation is 2. The van der Waals surface area contributed by atoms with Crippen LogP contribution in [0.3, 0.4) is 0 Å². The van der Waals surface area contributed by atoms with Crippen molar-refractivity contribution in [3.63, 3.8) is 0 Å². The zero-order valence-electron chi connectivity index (χ0n) is 19.8. The van der Waals surface area contributed by atoms with Crippen LogP contribution in [0.4, 0.5) is 15.8 Å². The summed E-state index contributed by atoms with van der Waals surface area (Å²) in [5.41, 5.74) is 10.2. The standard InChI is InChI=1S/C28H30FN3O2/c1-18-14-23(27(33)31-30-24-10-5-4-6-11-24)15-19(2)26(18)32-17-21(13-20(3)28(32)34)16-22-9-7-8-12-25(22)29/h4-12,14-15,20-21,30H,13,16-17H2,1-3H3,(H,31,33)/t20-,21-/m1/s1. The van der Waals surface area contributed by atoms with Crippen molar-refractivity contribution < 1.29 is 14.0 Å². The van der Waals surface area contributed by atoms with E-state index in [2.05, 4.69) is 10.9 Å². The number of hydrogen-bond donors (Lipinski definition) is 2. The van der Waals surface area contributed by atoms with Crippen molar-refractivity contribution in [1.29, 1.82) is 0 Å². The third kappa shape index (κ3) is 5.11. The minimum atomic E-state index is -0.252. The van der Waals surface area contributed by atoms with Crippen LogP contribution in [0.5, 0.6) is 0 Å². The number of piperidine rings is 1. The van der Waals surface area contributed by atoms with Gasteiger partial charge in [0, 0.05) is 23.7 Å². The SMILES string of the molecule is Cc1cc(C(=O)NNc2ccccc2)cc(C)c1N1C[C@@H](Cc2ccccc2F)C[C@@H](C)C1=O. The highest BCUT2D eigenvalue weighted by Crippen LogP contribution is 2.34. The first-order chi connectivity index (χ1) is 16.3. The van der Waals surface area contributed by atoms with Crippen LogP contribution >= 0.6 is 0 Å². The van der Waals surface area contributed by atoms with Crippen LogP contribution in [0, 0.1) is 31.5 Å². The number of nitrogens with one attached hydrogen (secondary N) is 2. The summed E-state index contributed by atoms with van der Waals surface area (Å²) in [4.78, 5) is 27.7. The first-order valence-electron chi connectivity index (χ1n) is 11.6. The van der Waals surface area contributed by atoms with Gasteiger partial charge in [-0.3, -0.25) is 20.4 Å². The van der Waals surface area contributed by atoms with E-state index < -0.39 is 0 Å². The molecule has 0 aromatic heterocycles. The maximum atomic E-state index is 14.2. The lowest BCUT2D eigenvalue weighted by Crippen LogP contribution is -2.46. The molecule has 1 saturated heterocycles. The zero-order valence-corrected chi connectivity index (χ0v) is 19.8. The predicted octanol–water partition coefficient (Wildman–Crippen LogP) is 5.43. The summed E-state index contributed by atoms with van der Waals surface area (Å²) in [6.07, 6.45) is 1.32. The van der Waals surface area contributed by atoms with Crippen LogP contribution in [0.15, 0.2) is 66.7 Å². The van der Waals surface area contributed by atoms with Gasteiger partial charge >= 0.3 is 0 Å². The quantitative estimate of drug-likeness (QED) is 0.483. The number of para-hydroxylation sites is 1. The highest BCUT2D eigenvalue weighted by Gasteiger charge is 2.34. The van der Waals surface area contributed by atoms with Gasteiger partial charge in [0.25, 0.3) is 5.91 Å². The monoisotopic (exact) mass is 459 g/mol. The van der Waals surface area contributed by atoms with Gasteiger partial charge in [-0.15, -0.1) is 0 Å². The van der Waals surface area contributed by atoms with Gasteiger partial charge in [0.05, 0.1) is 5.69 Å². The summed E-state index contributed by atoms with van der Waals surface area (Å²) in [5, 5.41) is 0. The molecule has 0 radical (unpaired) electrons. The predicted molar refractivity (Wildman–Crippen MR) is 133 cm³/mol. The van der Waals surface area contributed by atoms with Gasteiger partial charge in [0.15, 0.2) is 0 Å². The lowest BCUT2D eigenvalue weighted by Gasteiger charge is -2.38. The Labute approximate surface area is 200 Å². The molecular weight excluding hydrogens is 429 g/mol. The van der Waals surface area contributed by atoms with Crippen molar-refractivity contribution >= 4 is 23.2 Å². The van der Waals surface area contributed by atoms with Gasteiger partial charge in [-0.2, -0.15) is 0 Å². The third-order valence-electron chi connectivity index (χ3n) is 6.40. The fourth-order valence-corrected chi connectivity index (χ4v) is 4.85. The topological polar surface area (TPSA) is 61.4 Å². The smallest absolute Gasteiger partial charge is 0.269 e.